The molecule has 1 aromatic rings. The Balaban J connectivity index is 1.79. The average molecular weight is 162 g/mol. The molecule has 2 nitrogen and oxygen atoms in total. The van der Waals surface area contributed by atoms with Crippen LogP contribution in [-0.4, -0.2) is 11.5 Å². The second-order valence-corrected chi connectivity index (χ2v) is 3.42. The highest BCUT2D eigenvalue weighted by atomic mass is 14.9. The lowest BCUT2D eigenvalue weighted by atomic mass is 9.85. The quantitative estimate of drug-likeness (QED) is 0.737. The summed E-state index contributed by atoms with van der Waals surface area (Å²) in [5.74, 6) is 0.908. The Morgan fingerprint density at radius 3 is 3.00 bits per heavy atom. The van der Waals surface area contributed by atoms with Gasteiger partial charge < -0.3 is 5.32 Å². The molecule has 1 aliphatic rings. The predicted molar refractivity (Wildman–Crippen MR) is 50.1 cm³/mol. The topological polar surface area (TPSA) is 24.9 Å². The molecule has 0 aromatic carbocycles. The SMILES string of the molecule is c1cncc(NCC2CCC2)c1. The van der Waals surface area contributed by atoms with Crippen molar-refractivity contribution in [1.29, 1.82) is 0 Å². The normalized spacial score (nSPS) is 17.0. The lowest BCUT2D eigenvalue weighted by Crippen LogP contribution is -2.20. The third kappa shape index (κ3) is 1.76. The standard InChI is InChI=1S/C10H14N2/c1-3-9(4-1)7-12-10-5-2-6-11-8-10/h2,5-6,8-9,12H,1,3-4,7H2. The van der Waals surface area contributed by atoms with Gasteiger partial charge in [0, 0.05) is 18.9 Å². The van der Waals surface area contributed by atoms with E-state index in [2.05, 4.69) is 16.4 Å². The van der Waals surface area contributed by atoms with Crippen molar-refractivity contribution < 1.29 is 0 Å². The summed E-state index contributed by atoms with van der Waals surface area (Å²) in [6.07, 6.45) is 7.88. The first-order chi connectivity index (χ1) is 5.95. The summed E-state index contributed by atoms with van der Waals surface area (Å²) >= 11 is 0. The van der Waals surface area contributed by atoms with Gasteiger partial charge in [0.05, 0.1) is 5.69 Å². The number of anilines is 1. The van der Waals surface area contributed by atoms with Crippen LogP contribution in [0.25, 0.3) is 0 Å². The Hall–Kier alpha value is -1.05. The highest BCUT2D eigenvalue weighted by Gasteiger charge is 2.16. The average Bonchev–Trinajstić information content (AvgIpc) is 2.04. The lowest BCUT2D eigenvalue weighted by molar-refractivity contribution is 0.333. The molecule has 2 heteroatoms. The van der Waals surface area contributed by atoms with Crippen molar-refractivity contribution in [3.8, 4) is 0 Å². The van der Waals surface area contributed by atoms with Gasteiger partial charge in [0.15, 0.2) is 0 Å². The van der Waals surface area contributed by atoms with E-state index in [1.54, 1.807) is 6.20 Å². The number of nitrogens with zero attached hydrogens (tertiary/aromatic N) is 1. The van der Waals surface area contributed by atoms with Crippen LogP contribution in [0.4, 0.5) is 5.69 Å². The molecule has 0 aliphatic heterocycles. The van der Waals surface area contributed by atoms with Crippen molar-refractivity contribution in [3.05, 3.63) is 24.5 Å². The maximum atomic E-state index is 4.04. The van der Waals surface area contributed by atoms with Crippen LogP contribution < -0.4 is 5.32 Å². The zero-order valence-electron chi connectivity index (χ0n) is 7.16. The molecule has 0 amide bonds. The van der Waals surface area contributed by atoms with Crippen LogP contribution in [0.3, 0.4) is 0 Å². The summed E-state index contributed by atoms with van der Waals surface area (Å²) < 4.78 is 0. The molecule has 1 fully saturated rings. The van der Waals surface area contributed by atoms with E-state index < -0.39 is 0 Å². The fourth-order valence-corrected chi connectivity index (χ4v) is 1.43. The van der Waals surface area contributed by atoms with Crippen LogP contribution in [0.1, 0.15) is 19.3 Å². The fraction of sp³-hybridized carbons (Fsp3) is 0.500. The van der Waals surface area contributed by atoms with Crippen molar-refractivity contribution in [2.75, 3.05) is 11.9 Å². The van der Waals surface area contributed by atoms with Crippen LogP contribution >= 0.6 is 0 Å². The van der Waals surface area contributed by atoms with E-state index in [-0.39, 0.29) is 0 Å². The summed E-state index contributed by atoms with van der Waals surface area (Å²) in [6, 6.07) is 4.02. The highest BCUT2D eigenvalue weighted by Crippen LogP contribution is 2.26. The molecule has 2 rings (SSSR count). The van der Waals surface area contributed by atoms with Crippen LogP contribution in [-0.2, 0) is 0 Å². The van der Waals surface area contributed by atoms with Crippen molar-refractivity contribution in [2.45, 2.75) is 19.3 Å². The number of aromatic nitrogens is 1. The monoisotopic (exact) mass is 162 g/mol. The minimum atomic E-state index is 0.908. The number of rotatable bonds is 3. The second-order valence-electron chi connectivity index (χ2n) is 3.42. The van der Waals surface area contributed by atoms with E-state index in [0.29, 0.717) is 0 Å². The third-order valence-corrected chi connectivity index (χ3v) is 2.48. The molecule has 64 valence electrons. The third-order valence-electron chi connectivity index (χ3n) is 2.48. The van der Waals surface area contributed by atoms with Gasteiger partial charge in [-0.3, -0.25) is 4.98 Å². The fourth-order valence-electron chi connectivity index (χ4n) is 1.43. The molecular formula is C10H14N2. The van der Waals surface area contributed by atoms with Gasteiger partial charge in [0.1, 0.15) is 0 Å². The molecule has 0 radical (unpaired) electrons. The summed E-state index contributed by atoms with van der Waals surface area (Å²) in [7, 11) is 0. The molecular weight excluding hydrogens is 148 g/mol. The predicted octanol–water partition coefficient (Wildman–Crippen LogP) is 2.29. The molecule has 1 N–H and O–H groups in total. The number of pyridine rings is 1. The largest absolute Gasteiger partial charge is 0.384 e. The maximum Gasteiger partial charge on any atom is 0.0526 e. The molecule has 0 spiro atoms. The van der Waals surface area contributed by atoms with Crippen molar-refractivity contribution >= 4 is 5.69 Å². The molecule has 0 saturated heterocycles. The molecule has 1 heterocycles. The van der Waals surface area contributed by atoms with Crippen LogP contribution in [0.5, 0.6) is 0 Å². The van der Waals surface area contributed by atoms with Gasteiger partial charge in [0.2, 0.25) is 0 Å². The molecule has 1 aromatic heterocycles. The summed E-state index contributed by atoms with van der Waals surface area (Å²) in [6.45, 7) is 1.12. The van der Waals surface area contributed by atoms with Gasteiger partial charge in [-0.1, -0.05) is 6.42 Å². The van der Waals surface area contributed by atoms with Crippen molar-refractivity contribution in [3.63, 3.8) is 0 Å². The number of nitrogens with one attached hydrogen (secondary N) is 1. The zero-order chi connectivity index (χ0) is 8.23. The minimum absolute atomic E-state index is 0.908. The molecule has 0 atom stereocenters. The molecule has 12 heavy (non-hydrogen) atoms. The van der Waals surface area contributed by atoms with E-state index in [9.17, 15) is 0 Å². The maximum absolute atomic E-state index is 4.04. The Bertz CT molecular complexity index is 229. The van der Waals surface area contributed by atoms with E-state index in [1.165, 1.54) is 19.3 Å². The van der Waals surface area contributed by atoms with Gasteiger partial charge in [-0.25, -0.2) is 0 Å². The first-order valence-electron chi connectivity index (χ1n) is 4.59. The van der Waals surface area contributed by atoms with E-state index in [1.807, 2.05) is 12.3 Å². The van der Waals surface area contributed by atoms with Gasteiger partial charge in [-0.15, -0.1) is 0 Å². The Morgan fingerprint density at radius 2 is 2.42 bits per heavy atom. The number of hydrogen-bond donors (Lipinski definition) is 1. The second kappa shape index (κ2) is 3.57. The molecule has 0 unspecified atom stereocenters. The minimum Gasteiger partial charge on any atom is -0.384 e. The zero-order valence-corrected chi connectivity index (χ0v) is 7.16. The summed E-state index contributed by atoms with van der Waals surface area (Å²) in [5.41, 5.74) is 1.14. The molecule has 1 aliphatic carbocycles. The summed E-state index contributed by atoms with van der Waals surface area (Å²) in [5, 5.41) is 3.38. The van der Waals surface area contributed by atoms with Crippen LogP contribution in [0.15, 0.2) is 24.5 Å². The Morgan fingerprint density at radius 1 is 1.50 bits per heavy atom. The Kier molecular flexibility index (Phi) is 2.26. The molecule has 0 bridgehead atoms. The van der Waals surface area contributed by atoms with Gasteiger partial charge in [0.25, 0.3) is 0 Å². The van der Waals surface area contributed by atoms with E-state index >= 15 is 0 Å². The smallest absolute Gasteiger partial charge is 0.0526 e. The Labute approximate surface area is 73.0 Å². The van der Waals surface area contributed by atoms with E-state index in [0.717, 1.165) is 18.2 Å². The molecule has 1 saturated carbocycles. The summed E-state index contributed by atoms with van der Waals surface area (Å²) in [4.78, 5) is 4.04. The first kappa shape index (κ1) is 7.59. The van der Waals surface area contributed by atoms with Gasteiger partial charge >= 0.3 is 0 Å². The highest BCUT2D eigenvalue weighted by molar-refractivity contribution is 5.39. The number of hydrogen-bond acceptors (Lipinski definition) is 2. The lowest BCUT2D eigenvalue weighted by Gasteiger charge is -2.25. The van der Waals surface area contributed by atoms with Gasteiger partial charge in [-0.2, -0.15) is 0 Å². The van der Waals surface area contributed by atoms with Crippen LogP contribution in [0.2, 0.25) is 0 Å². The van der Waals surface area contributed by atoms with Gasteiger partial charge in [-0.05, 0) is 30.9 Å². The van der Waals surface area contributed by atoms with Crippen molar-refractivity contribution in [2.24, 2.45) is 5.92 Å². The van der Waals surface area contributed by atoms with Crippen molar-refractivity contribution in [1.82, 2.24) is 4.98 Å². The van der Waals surface area contributed by atoms with Crippen LogP contribution in [0, 0.1) is 5.92 Å². The van der Waals surface area contributed by atoms with E-state index in [4.69, 9.17) is 0 Å². The first-order valence-corrected chi connectivity index (χ1v) is 4.59.